The van der Waals surface area contributed by atoms with Gasteiger partial charge in [0.25, 0.3) is 11.1 Å². The van der Waals surface area contributed by atoms with Crippen molar-refractivity contribution >= 4 is 29.5 Å². The first kappa shape index (κ1) is 27.1. The van der Waals surface area contributed by atoms with E-state index in [1.54, 1.807) is 7.05 Å². The van der Waals surface area contributed by atoms with Crippen LogP contribution in [0.25, 0.3) is 0 Å². The molecule has 0 spiro atoms. The van der Waals surface area contributed by atoms with E-state index in [1.807, 2.05) is 34.6 Å². The van der Waals surface area contributed by atoms with Crippen LogP contribution < -0.4 is 5.32 Å². The smallest absolute Gasteiger partial charge is 0.410 e. The van der Waals surface area contributed by atoms with Gasteiger partial charge in [0.05, 0.1) is 6.04 Å². The summed E-state index contributed by atoms with van der Waals surface area (Å²) in [5, 5.41) is 11.0. The summed E-state index contributed by atoms with van der Waals surface area (Å²) in [5.74, 6) is 0.153. The molecule has 1 saturated carbocycles. The first-order valence-electron chi connectivity index (χ1n) is 11.7. The molecule has 1 fully saturated rings. The third-order valence-corrected chi connectivity index (χ3v) is 6.09. The van der Waals surface area contributed by atoms with E-state index in [4.69, 9.17) is 9.15 Å². The molecular weight excluding hydrogens is 444 g/mol. The van der Waals surface area contributed by atoms with Gasteiger partial charge in [0.2, 0.25) is 11.7 Å². The minimum Gasteiger partial charge on any atom is -0.444 e. The van der Waals surface area contributed by atoms with Gasteiger partial charge >= 0.3 is 6.09 Å². The summed E-state index contributed by atoms with van der Waals surface area (Å²) in [7, 11) is 1.66. The van der Waals surface area contributed by atoms with Crippen molar-refractivity contribution in [3.63, 3.8) is 0 Å². The minimum atomic E-state index is -0.684. The summed E-state index contributed by atoms with van der Waals surface area (Å²) in [4.78, 5) is 39.2. The fraction of sp³-hybridized carbons (Fsp3) is 0.783. The Morgan fingerprint density at radius 2 is 1.85 bits per heavy atom. The summed E-state index contributed by atoms with van der Waals surface area (Å²) < 4.78 is 10.9. The van der Waals surface area contributed by atoms with Crippen LogP contribution in [0.5, 0.6) is 0 Å². The number of carbonyl (C=O) groups excluding carboxylic acids is 3. The second-order valence-corrected chi connectivity index (χ2v) is 11.1. The van der Waals surface area contributed by atoms with Gasteiger partial charge in [0.1, 0.15) is 5.60 Å². The normalized spacial score (nSPS) is 15.8. The Hall–Kier alpha value is -2.10. The molecule has 2 rings (SSSR count). The van der Waals surface area contributed by atoms with Gasteiger partial charge in [0, 0.05) is 25.3 Å². The SMILES string of the molecule is CC(C)C[C@H](NC(=O)C1CCCCC1)C(=O)c1nnc(SCCN(C)C(=O)OC(C)(C)C)o1. The highest BCUT2D eigenvalue weighted by Gasteiger charge is 2.30. The minimum absolute atomic E-state index is 0.0306. The number of nitrogens with one attached hydrogen (secondary N) is 1. The zero-order valence-corrected chi connectivity index (χ0v) is 21.5. The van der Waals surface area contributed by atoms with E-state index in [0.29, 0.717) is 18.7 Å². The van der Waals surface area contributed by atoms with Crippen LogP contribution in [-0.2, 0) is 9.53 Å². The molecule has 9 nitrogen and oxygen atoms in total. The van der Waals surface area contributed by atoms with Crippen molar-refractivity contribution in [3.05, 3.63) is 5.89 Å². The molecule has 2 amide bonds. The summed E-state index contributed by atoms with van der Waals surface area (Å²) in [5.41, 5.74) is -0.556. The summed E-state index contributed by atoms with van der Waals surface area (Å²) in [6, 6.07) is -0.684. The van der Waals surface area contributed by atoms with Gasteiger partial charge in [-0.15, -0.1) is 10.2 Å². The van der Waals surface area contributed by atoms with E-state index in [1.165, 1.54) is 16.7 Å². The number of Topliss-reactive ketones (excluding diaryl/α,β-unsaturated/α-hetero) is 1. The summed E-state index contributed by atoms with van der Waals surface area (Å²) in [6.45, 7) is 9.86. The molecule has 1 N–H and O–H groups in total. The fourth-order valence-corrected chi connectivity index (χ4v) is 4.35. The Bertz CT molecular complexity index is 799. The summed E-state index contributed by atoms with van der Waals surface area (Å²) >= 11 is 1.26. The van der Waals surface area contributed by atoms with Gasteiger partial charge < -0.3 is 19.4 Å². The standard InChI is InChI=1S/C23H38N4O5S/c1-15(2)14-17(24-19(29)16-10-8-7-9-11-16)18(28)20-25-26-21(31-20)33-13-12-27(6)22(30)32-23(3,4)5/h15-17H,7-14H2,1-6H3,(H,24,29)/t17-/m0/s1. The van der Waals surface area contributed by atoms with Gasteiger partial charge in [-0.3, -0.25) is 9.59 Å². The van der Waals surface area contributed by atoms with Gasteiger partial charge in [-0.1, -0.05) is 44.9 Å². The second-order valence-electron chi connectivity index (χ2n) is 10.0. The van der Waals surface area contributed by atoms with Crippen LogP contribution in [0.4, 0.5) is 4.79 Å². The molecule has 0 radical (unpaired) electrons. The van der Waals surface area contributed by atoms with Crippen molar-refractivity contribution in [1.82, 2.24) is 20.4 Å². The molecule has 1 aromatic rings. The molecule has 0 bridgehead atoms. The van der Waals surface area contributed by atoms with Gasteiger partial charge in [0.15, 0.2) is 0 Å². The predicted octanol–water partition coefficient (Wildman–Crippen LogP) is 4.32. The lowest BCUT2D eigenvalue weighted by atomic mass is 9.88. The number of aromatic nitrogens is 2. The number of amides is 2. The molecule has 0 aromatic carbocycles. The van der Waals surface area contributed by atoms with Crippen molar-refractivity contribution < 1.29 is 23.5 Å². The Balaban J connectivity index is 1.91. The van der Waals surface area contributed by atoms with Crippen LogP contribution >= 0.6 is 11.8 Å². The molecule has 1 atom stereocenters. The third-order valence-electron chi connectivity index (χ3n) is 5.29. The van der Waals surface area contributed by atoms with E-state index in [2.05, 4.69) is 15.5 Å². The molecule has 0 unspecified atom stereocenters. The maximum atomic E-state index is 13.0. The first-order chi connectivity index (χ1) is 15.5. The van der Waals surface area contributed by atoms with Crippen LogP contribution in [0.3, 0.4) is 0 Å². The zero-order chi connectivity index (χ0) is 24.6. The number of hydrogen-bond donors (Lipinski definition) is 1. The fourth-order valence-electron chi connectivity index (χ4n) is 3.58. The maximum Gasteiger partial charge on any atom is 0.410 e. The second kappa shape index (κ2) is 12.4. The Morgan fingerprint density at radius 1 is 1.18 bits per heavy atom. The first-order valence-corrected chi connectivity index (χ1v) is 12.7. The van der Waals surface area contributed by atoms with Crippen LogP contribution in [0.2, 0.25) is 0 Å². The molecule has 33 heavy (non-hydrogen) atoms. The van der Waals surface area contributed by atoms with E-state index in [0.717, 1.165) is 32.1 Å². The third kappa shape index (κ3) is 9.35. The van der Waals surface area contributed by atoms with Crippen molar-refractivity contribution in [3.8, 4) is 0 Å². The average Bonchev–Trinajstić information content (AvgIpc) is 3.20. The molecule has 186 valence electrons. The van der Waals surface area contributed by atoms with Crippen molar-refractivity contribution in [2.75, 3.05) is 19.3 Å². The highest BCUT2D eigenvalue weighted by Crippen LogP contribution is 2.24. The molecule has 1 aliphatic carbocycles. The van der Waals surface area contributed by atoms with Crippen LogP contribution in [0.1, 0.15) is 83.8 Å². The van der Waals surface area contributed by atoms with Crippen molar-refractivity contribution in [2.45, 2.75) is 90.0 Å². The lowest BCUT2D eigenvalue weighted by molar-refractivity contribution is -0.126. The molecular formula is C23H38N4O5S. The number of hydrogen-bond acceptors (Lipinski definition) is 8. The highest BCUT2D eigenvalue weighted by atomic mass is 32.2. The average molecular weight is 483 g/mol. The van der Waals surface area contributed by atoms with Crippen LogP contribution in [0, 0.1) is 11.8 Å². The van der Waals surface area contributed by atoms with Crippen LogP contribution in [-0.4, -0.2) is 63.9 Å². The van der Waals surface area contributed by atoms with E-state index in [9.17, 15) is 14.4 Å². The molecule has 0 saturated heterocycles. The molecule has 0 aliphatic heterocycles. The molecule has 1 aromatic heterocycles. The zero-order valence-electron chi connectivity index (χ0n) is 20.7. The number of thioether (sulfide) groups is 1. The molecule has 1 aliphatic rings. The number of nitrogens with zero attached hydrogens (tertiary/aromatic N) is 3. The molecule has 1 heterocycles. The highest BCUT2D eigenvalue weighted by molar-refractivity contribution is 7.99. The lowest BCUT2D eigenvalue weighted by Gasteiger charge is -2.24. The number of carbonyl (C=O) groups is 3. The van der Waals surface area contributed by atoms with Gasteiger partial charge in [-0.05, 0) is 46.0 Å². The van der Waals surface area contributed by atoms with Crippen molar-refractivity contribution in [1.29, 1.82) is 0 Å². The number of ketones is 1. The molecule has 10 heteroatoms. The van der Waals surface area contributed by atoms with Crippen LogP contribution in [0.15, 0.2) is 9.64 Å². The number of ether oxygens (including phenoxy) is 1. The van der Waals surface area contributed by atoms with E-state index in [-0.39, 0.29) is 34.6 Å². The Morgan fingerprint density at radius 3 is 2.45 bits per heavy atom. The topological polar surface area (TPSA) is 115 Å². The monoisotopic (exact) mass is 482 g/mol. The van der Waals surface area contributed by atoms with E-state index >= 15 is 0 Å². The van der Waals surface area contributed by atoms with Gasteiger partial charge in [-0.2, -0.15) is 0 Å². The maximum absolute atomic E-state index is 13.0. The lowest BCUT2D eigenvalue weighted by Crippen LogP contribution is -2.45. The predicted molar refractivity (Wildman–Crippen MR) is 126 cm³/mol. The Kier molecular flexibility index (Phi) is 10.2. The van der Waals surface area contributed by atoms with E-state index < -0.39 is 17.7 Å². The number of rotatable bonds is 10. The quantitative estimate of drug-likeness (QED) is 0.387. The largest absolute Gasteiger partial charge is 0.444 e. The summed E-state index contributed by atoms with van der Waals surface area (Å²) in [6.07, 6.45) is 5.09. The van der Waals surface area contributed by atoms with Crippen molar-refractivity contribution in [2.24, 2.45) is 11.8 Å². The van der Waals surface area contributed by atoms with Gasteiger partial charge in [-0.25, -0.2) is 4.79 Å². The Labute approximate surface area is 200 Å².